The summed E-state index contributed by atoms with van der Waals surface area (Å²) in [5.41, 5.74) is -1.22. The molecular weight excluding hydrogens is 491 g/mol. The van der Waals surface area contributed by atoms with Gasteiger partial charge in [0.05, 0.1) is 0 Å². The fraction of sp³-hybridized carbons (Fsp3) is 0.286. The second kappa shape index (κ2) is 9.95. The van der Waals surface area contributed by atoms with Gasteiger partial charge in [-0.15, -0.1) is 0 Å². The first-order chi connectivity index (χ1) is 17.1. The van der Waals surface area contributed by atoms with E-state index in [1.807, 2.05) is 0 Å². The number of nitrogens with one attached hydrogen (secondary N) is 2. The summed E-state index contributed by atoms with van der Waals surface area (Å²) in [5.74, 6) is -4.18. The van der Waals surface area contributed by atoms with E-state index < -0.39 is 29.3 Å². The van der Waals surface area contributed by atoms with Crippen molar-refractivity contribution in [3.63, 3.8) is 0 Å². The van der Waals surface area contributed by atoms with Crippen LogP contribution in [0.5, 0.6) is 0 Å². The summed E-state index contributed by atoms with van der Waals surface area (Å²) in [7, 11) is 1.42. The zero-order valence-electron chi connectivity index (χ0n) is 21.0. The molecule has 0 bridgehead atoms. The number of aryl methyl sites for hydroxylation is 1. The van der Waals surface area contributed by atoms with Gasteiger partial charge in [-0.05, 0) is 79.4 Å². The van der Waals surface area contributed by atoms with E-state index in [0.29, 0.717) is 11.1 Å². The Kier molecular flexibility index (Phi) is 7.49. The summed E-state index contributed by atoms with van der Waals surface area (Å²) < 4.78 is 70.7. The summed E-state index contributed by atoms with van der Waals surface area (Å²) in [5, 5.41) is 5.01. The number of hydrogen-bond acceptors (Lipinski definition) is 2. The molecule has 0 saturated carbocycles. The van der Waals surface area contributed by atoms with Gasteiger partial charge in [-0.3, -0.25) is 9.59 Å². The minimum atomic E-state index is -4.69. The molecule has 0 aliphatic rings. The molecule has 1 atom stereocenters. The lowest BCUT2D eigenvalue weighted by molar-refractivity contribution is -0.173. The van der Waals surface area contributed by atoms with Crippen molar-refractivity contribution in [1.82, 2.24) is 5.32 Å². The fourth-order valence-electron chi connectivity index (χ4n) is 3.99. The van der Waals surface area contributed by atoms with Gasteiger partial charge in [0.15, 0.2) is 0 Å². The lowest BCUT2D eigenvalue weighted by atomic mass is 9.75. The number of alkyl halides is 5. The molecule has 1 unspecified atom stereocenters. The van der Waals surface area contributed by atoms with Gasteiger partial charge in [0, 0.05) is 36.3 Å². The first-order valence-electron chi connectivity index (χ1n) is 11.4. The monoisotopic (exact) mass is 518 g/mol. The Morgan fingerprint density at radius 1 is 0.703 bits per heavy atom. The number of carbonyl (C=O) groups excluding carboxylic acids is 2. The third-order valence-electron chi connectivity index (χ3n) is 6.67. The van der Waals surface area contributed by atoms with Crippen molar-refractivity contribution in [2.24, 2.45) is 0 Å². The van der Waals surface area contributed by atoms with Crippen molar-refractivity contribution in [3.8, 4) is 0 Å². The second-order valence-electron chi connectivity index (χ2n) is 9.16. The predicted octanol–water partition coefficient (Wildman–Crippen LogP) is 6.90. The van der Waals surface area contributed by atoms with Crippen LogP contribution in [0.1, 0.15) is 62.4 Å². The smallest absolute Gasteiger partial charge is 0.355 e. The average Bonchev–Trinajstić information content (AvgIpc) is 2.84. The molecule has 196 valence electrons. The van der Waals surface area contributed by atoms with Gasteiger partial charge in [0.2, 0.25) is 0 Å². The maximum absolute atomic E-state index is 14.3. The number of benzene rings is 3. The van der Waals surface area contributed by atoms with E-state index in [1.165, 1.54) is 67.7 Å². The number of carbonyl (C=O) groups is 2. The van der Waals surface area contributed by atoms with Crippen molar-refractivity contribution >= 4 is 17.5 Å². The Bertz CT molecular complexity index is 1310. The lowest BCUT2D eigenvalue weighted by Crippen LogP contribution is -2.40. The molecule has 0 spiro atoms. The molecule has 0 saturated heterocycles. The van der Waals surface area contributed by atoms with E-state index in [0.717, 1.165) is 13.8 Å². The van der Waals surface area contributed by atoms with Crippen LogP contribution in [0.4, 0.5) is 27.6 Å². The van der Waals surface area contributed by atoms with E-state index in [9.17, 15) is 31.5 Å². The van der Waals surface area contributed by atoms with Crippen molar-refractivity contribution in [1.29, 1.82) is 0 Å². The number of amides is 2. The highest BCUT2D eigenvalue weighted by Gasteiger charge is 2.53. The van der Waals surface area contributed by atoms with E-state index in [-0.39, 0.29) is 33.5 Å². The van der Waals surface area contributed by atoms with Crippen molar-refractivity contribution < 1.29 is 31.5 Å². The van der Waals surface area contributed by atoms with Crippen molar-refractivity contribution in [2.75, 3.05) is 12.4 Å². The van der Waals surface area contributed by atoms with Crippen LogP contribution in [-0.4, -0.2) is 25.0 Å². The molecule has 9 heteroatoms. The summed E-state index contributed by atoms with van der Waals surface area (Å²) in [6.45, 7) is 5.11. The maximum atomic E-state index is 14.3. The quantitative estimate of drug-likeness (QED) is 0.349. The molecule has 37 heavy (non-hydrogen) atoms. The first-order valence-corrected chi connectivity index (χ1v) is 11.4. The minimum absolute atomic E-state index is 0.0638. The zero-order chi connectivity index (χ0) is 27.8. The fourth-order valence-corrected chi connectivity index (χ4v) is 3.99. The largest absolute Gasteiger partial charge is 0.402 e. The Labute approximate surface area is 211 Å². The van der Waals surface area contributed by atoms with Gasteiger partial charge in [0.1, 0.15) is 5.41 Å². The normalized spacial score (nSPS) is 13.6. The molecule has 0 aromatic heterocycles. The van der Waals surface area contributed by atoms with Crippen LogP contribution >= 0.6 is 0 Å². The lowest BCUT2D eigenvalue weighted by Gasteiger charge is -2.33. The van der Waals surface area contributed by atoms with Crippen LogP contribution in [0.25, 0.3) is 0 Å². The van der Waals surface area contributed by atoms with E-state index in [4.69, 9.17) is 0 Å². The third-order valence-corrected chi connectivity index (χ3v) is 6.67. The second-order valence-corrected chi connectivity index (χ2v) is 9.16. The topological polar surface area (TPSA) is 58.2 Å². The number of anilines is 1. The molecule has 0 heterocycles. The van der Waals surface area contributed by atoms with Crippen molar-refractivity contribution in [2.45, 2.75) is 45.2 Å². The Hall–Kier alpha value is -3.75. The van der Waals surface area contributed by atoms with E-state index in [2.05, 4.69) is 10.6 Å². The number of hydrogen-bond donors (Lipinski definition) is 2. The SMILES string of the molecule is CNC(=O)c1ccc(C(C)(c2ccc(C(=O)Nc3cc(C(C)(F)F)cc(C)c3C)cc2)C(F)(F)F)cc1. The van der Waals surface area contributed by atoms with Gasteiger partial charge >= 0.3 is 6.18 Å². The molecule has 0 aliphatic carbocycles. The average molecular weight is 519 g/mol. The molecule has 2 amide bonds. The van der Waals surface area contributed by atoms with Crippen molar-refractivity contribution in [3.05, 3.63) is 99.6 Å². The molecule has 3 aromatic rings. The number of rotatable bonds is 6. The zero-order valence-corrected chi connectivity index (χ0v) is 21.0. The van der Waals surface area contributed by atoms with Crippen LogP contribution in [0.2, 0.25) is 0 Å². The molecule has 3 aromatic carbocycles. The van der Waals surface area contributed by atoms with Gasteiger partial charge in [0.25, 0.3) is 17.7 Å². The summed E-state index contributed by atoms with van der Waals surface area (Å²) in [4.78, 5) is 24.6. The molecule has 0 aliphatic heterocycles. The van der Waals surface area contributed by atoms with E-state index in [1.54, 1.807) is 13.8 Å². The van der Waals surface area contributed by atoms with Gasteiger partial charge in [-0.1, -0.05) is 24.3 Å². The molecule has 4 nitrogen and oxygen atoms in total. The highest BCUT2D eigenvalue weighted by atomic mass is 19.4. The molecular formula is C28H27F5N2O2. The van der Waals surface area contributed by atoms with Crippen LogP contribution in [0.15, 0.2) is 60.7 Å². The van der Waals surface area contributed by atoms with Gasteiger partial charge in [-0.25, -0.2) is 8.78 Å². The Morgan fingerprint density at radius 2 is 1.16 bits per heavy atom. The van der Waals surface area contributed by atoms with Crippen LogP contribution in [-0.2, 0) is 11.3 Å². The Morgan fingerprint density at radius 3 is 1.57 bits per heavy atom. The third kappa shape index (κ3) is 5.50. The highest BCUT2D eigenvalue weighted by Crippen LogP contribution is 2.46. The minimum Gasteiger partial charge on any atom is -0.355 e. The molecule has 2 N–H and O–H groups in total. The maximum Gasteiger partial charge on any atom is 0.402 e. The number of halogens is 5. The van der Waals surface area contributed by atoms with Crippen LogP contribution < -0.4 is 10.6 Å². The molecule has 0 radical (unpaired) electrons. The summed E-state index contributed by atoms with van der Waals surface area (Å²) in [6, 6.07) is 12.6. The standard InChI is InChI=1S/C28H27F5N2O2/c1-16-14-22(27(4,29)30)15-23(17(16)2)35-25(37)19-8-12-21(13-9-19)26(3,28(31,32)33)20-10-6-18(7-11-20)24(36)34-5/h6-15H,1-5H3,(H,34,36)(H,35,37). The highest BCUT2D eigenvalue weighted by molar-refractivity contribution is 6.04. The van der Waals surface area contributed by atoms with Gasteiger partial charge in [-0.2, -0.15) is 13.2 Å². The van der Waals surface area contributed by atoms with Gasteiger partial charge < -0.3 is 10.6 Å². The molecule has 3 rings (SSSR count). The Balaban J connectivity index is 1.94. The predicted molar refractivity (Wildman–Crippen MR) is 132 cm³/mol. The van der Waals surface area contributed by atoms with E-state index >= 15 is 0 Å². The molecule has 0 fully saturated rings. The summed E-state index contributed by atoms with van der Waals surface area (Å²) >= 11 is 0. The van der Waals surface area contributed by atoms with Crippen LogP contribution in [0, 0.1) is 13.8 Å². The van der Waals surface area contributed by atoms with Crippen LogP contribution in [0.3, 0.4) is 0 Å². The first kappa shape index (κ1) is 27.8. The summed E-state index contributed by atoms with van der Waals surface area (Å²) in [6.07, 6.45) is -4.69.